The van der Waals surface area contributed by atoms with Crippen molar-refractivity contribution in [1.29, 1.82) is 0 Å². The second-order valence-electron chi connectivity index (χ2n) is 9.45. The predicted molar refractivity (Wildman–Crippen MR) is 145 cm³/mol. The molecule has 0 bridgehead atoms. The maximum atomic E-state index is 6.96. The van der Waals surface area contributed by atoms with E-state index in [0.29, 0.717) is 6.54 Å². The van der Waals surface area contributed by atoms with Crippen molar-refractivity contribution in [3.05, 3.63) is 91.1 Å². The Morgan fingerprint density at radius 3 is 2.32 bits per heavy atom. The molecule has 0 spiro atoms. The van der Waals surface area contributed by atoms with Crippen LogP contribution in [0.25, 0.3) is 33.4 Å². The van der Waals surface area contributed by atoms with Gasteiger partial charge in [-0.2, -0.15) is 0 Å². The SMILES string of the molecule is Nc1c2c(-c3ccccc3)c(-c3ccccc3)n(Cc3ccco3)c2nc[n+]1CCCN1CCOCC1. The molecule has 0 saturated carbocycles. The lowest BCUT2D eigenvalue weighted by Crippen LogP contribution is -2.41. The van der Waals surface area contributed by atoms with Crippen LogP contribution in [0.4, 0.5) is 5.82 Å². The number of benzene rings is 2. The van der Waals surface area contributed by atoms with Crippen molar-refractivity contribution < 1.29 is 13.7 Å². The van der Waals surface area contributed by atoms with Crippen LogP contribution in [0.2, 0.25) is 0 Å². The lowest BCUT2D eigenvalue weighted by molar-refractivity contribution is -0.684. The van der Waals surface area contributed by atoms with Crippen LogP contribution in [-0.4, -0.2) is 47.3 Å². The normalized spacial score (nSPS) is 14.4. The summed E-state index contributed by atoms with van der Waals surface area (Å²) in [7, 11) is 0. The van der Waals surface area contributed by atoms with Crippen molar-refractivity contribution in [3.8, 4) is 22.4 Å². The summed E-state index contributed by atoms with van der Waals surface area (Å²) in [6.07, 6.45) is 4.60. The lowest BCUT2D eigenvalue weighted by Gasteiger charge is -2.26. The molecule has 1 aliphatic rings. The van der Waals surface area contributed by atoms with E-state index in [1.165, 1.54) is 0 Å². The van der Waals surface area contributed by atoms with Crippen LogP contribution in [0.5, 0.6) is 0 Å². The Labute approximate surface area is 216 Å². The summed E-state index contributed by atoms with van der Waals surface area (Å²) in [4.78, 5) is 7.44. The molecule has 188 valence electrons. The highest BCUT2D eigenvalue weighted by Crippen LogP contribution is 2.42. The van der Waals surface area contributed by atoms with E-state index in [0.717, 1.165) is 90.8 Å². The van der Waals surface area contributed by atoms with E-state index in [1.807, 2.05) is 30.6 Å². The highest BCUT2D eigenvalue weighted by Gasteiger charge is 2.28. The first-order valence-corrected chi connectivity index (χ1v) is 12.9. The number of morpholine rings is 1. The lowest BCUT2D eigenvalue weighted by atomic mass is 9.99. The minimum absolute atomic E-state index is 0.564. The molecule has 5 aromatic rings. The maximum Gasteiger partial charge on any atom is 0.232 e. The zero-order valence-electron chi connectivity index (χ0n) is 20.9. The average molecular weight is 495 g/mol. The van der Waals surface area contributed by atoms with E-state index in [-0.39, 0.29) is 0 Å². The molecular weight excluding hydrogens is 462 g/mol. The second kappa shape index (κ2) is 10.6. The number of hydrogen-bond donors (Lipinski definition) is 1. The average Bonchev–Trinajstić information content (AvgIpc) is 3.58. The highest BCUT2D eigenvalue weighted by molar-refractivity contribution is 6.07. The third-order valence-electron chi connectivity index (χ3n) is 7.10. The summed E-state index contributed by atoms with van der Waals surface area (Å²) in [6, 6.07) is 24.9. The van der Waals surface area contributed by atoms with Crippen molar-refractivity contribution in [2.24, 2.45) is 0 Å². The van der Waals surface area contributed by atoms with E-state index in [1.54, 1.807) is 6.26 Å². The standard InChI is InChI=1S/C30H31N5O2/c31-29-27-26(23-9-3-1-4-10-23)28(24-11-5-2-6-12-24)35(21-25-13-7-18-37-25)30(27)32-22-34(29)15-8-14-33-16-19-36-20-17-33/h1-7,9-13,18,22,31H,8,14-17,19-21H2/p+1. The zero-order chi connectivity index (χ0) is 25.0. The fraction of sp³-hybridized carbons (Fsp3) is 0.267. The van der Waals surface area contributed by atoms with Gasteiger partial charge in [0.1, 0.15) is 11.1 Å². The Bertz CT molecular complexity index is 1460. The zero-order valence-corrected chi connectivity index (χ0v) is 20.9. The molecule has 1 saturated heterocycles. The topological polar surface area (TPSA) is 73.3 Å². The molecule has 3 aromatic heterocycles. The molecule has 1 fully saturated rings. The molecule has 0 unspecified atom stereocenters. The molecule has 7 heteroatoms. The molecule has 2 N–H and O–H groups in total. The van der Waals surface area contributed by atoms with Crippen molar-refractivity contribution >= 4 is 16.9 Å². The van der Waals surface area contributed by atoms with Gasteiger partial charge in [-0.1, -0.05) is 65.6 Å². The summed E-state index contributed by atoms with van der Waals surface area (Å²) in [5, 5.41) is 0.977. The Morgan fingerprint density at radius 2 is 1.62 bits per heavy atom. The first kappa shape index (κ1) is 23.5. The van der Waals surface area contributed by atoms with Crippen LogP contribution >= 0.6 is 0 Å². The number of aromatic nitrogens is 3. The van der Waals surface area contributed by atoms with E-state index in [2.05, 4.69) is 62.6 Å². The number of anilines is 1. The molecule has 4 heterocycles. The van der Waals surface area contributed by atoms with Crippen molar-refractivity contribution in [1.82, 2.24) is 14.5 Å². The number of rotatable bonds is 8. The predicted octanol–water partition coefficient (Wildman–Crippen LogP) is 4.60. The first-order valence-electron chi connectivity index (χ1n) is 12.9. The van der Waals surface area contributed by atoms with Crippen LogP contribution in [0, 0.1) is 0 Å². The van der Waals surface area contributed by atoms with Gasteiger partial charge in [-0.25, -0.2) is 4.57 Å². The van der Waals surface area contributed by atoms with Gasteiger partial charge < -0.3 is 19.5 Å². The molecule has 0 aliphatic carbocycles. The monoisotopic (exact) mass is 494 g/mol. The largest absolute Gasteiger partial charge is 0.467 e. The third-order valence-corrected chi connectivity index (χ3v) is 7.10. The number of furan rings is 1. The summed E-state index contributed by atoms with van der Waals surface area (Å²) in [5.74, 6) is 1.61. The number of aryl methyl sites for hydroxylation is 1. The van der Waals surface area contributed by atoms with Crippen LogP contribution in [0.15, 0.2) is 89.8 Å². The van der Waals surface area contributed by atoms with E-state index in [4.69, 9.17) is 19.9 Å². The Hall–Kier alpha value is -3.94. The summed E-state index contributed by atoms with van der Waals surface area (Å²) < 4.78 is 15.6. The van der Waals surface area contributed by atoms with Gasteiger partial charge in [0.25, 0.3) is 0 Å². The molecule has 6 rings (SSSR count). The second-order valence-corrected chi connectivity index (χ2v) is 9.45. The number of nitrogen functional groups attached to an aromatic ring is 1. The third kappa shape index (κ3) is 4.75. The molecule has 0 amide bonds. The smallest absolute Gasteiger partial charge is 0.232 e. The molecule has 1 aliphatic heterocycles. The number of hydrogen-bond acceptors (Lipinski definition) is 5. The van der Waals surface area contributed by atoms with Crippen LogP contribution in [0.1, 0.15) is 12.2 Å². The molecule has 37 heavy (non-hydrogen) atoms. The number of ether oxygens (including phenoxy) is 1. The van der Waals surface area contributed by atoms with Crippen LogP contribution in [-0.2, 0) is 17.8 Å². The van der Waals surface area contributed by atoms with Gasteiger partial charge >= 0.3 is 0 Å². The van der Waals surface area contributed by atoms with Crippen LogP contribution in [0.3, 0.4) is 0 Å². The summed E-state index contributed by atoms with van der Waals surface area (Å²) in [6.45, 7) is 6.01. The van der Waals surface area contributed by atoms with Gasteiger partial charge in [0, 0.05) is 25.2 Å². The van der Waals surface area contributed by atoms with Gasteiger partial charge in [0.2, 0.25) is 17.8 Å². The van der Waals surface area contributed by atoms with Gasteiger partial charge in [0.05, 0.1) is 38.3 Å². The van der Waals surface area contributed by atoms with E-state index < -0.39 is 0 Å². The van der Waals surface area contributed by atoms with Crippen LogP contribution < -0.4 is 10.3 Å². The Morgan fingerprint density at radius 1 is 0.892 bits per heavy atom. The molecule has 0 radical (unpaired) electrons. The minimum Gasteiger partial charge on any atom is -0.467 e. The van der Waals surface area contributed by atoms with Gasteiger partial charge in [-0.15, -0.1) is 0 Å². The molecule has 7 nitrogen and oxygen atoms in total. The van der Waals surface area contributed by atoms with Gasteiger partial charge in [-0.05, 0) is 29.7 Å². The molecular formula is C30H32N5O2+. The number of fused-ring (bicyclic) bond motifs is 1. The fourth-order valence-corrected chi connectivity index (χ4v) is 5.28. The maximum absolute atomic E-state index is 6.96. The fourth-order valence-electron chi connectivity index (χ4n) is 5.28. The molecule has 0 atom stereocenters. The van der Waals surface area contributed by atoms with Gasteiger partial charge in [0.15, 0.2) is 0 Å². The van der Waals surface area contributed by atoms with E-state index >= 15 is 0 Å². The highest BCUT2D eigenvalue weighted by atomic mass is 16.5. The van der Waals surface area contributed by atoms with Crippen molar-refractivity contribution in [2.75, 3.05) is 38.6 Å². The minimum atomic E-state index is 0.564. The number of nitrogens with two attached hydrogens (primary N) is 1. The summed E-state index contributed by atoms with van der Waals surface area (Å²) >= 11 is 0. The summed E-state index contributed by atoms with van der Waals surface area (Å²) in [5.41, 5.74) is 12.2. The van der Waals surface area contributed by atoms with Gasteiger partial charge in [-0.3, -0.25) is 4.90 Å². The van der Waals surface area contributed by atoms with Crippen molar-refractivity contribution in [2.45, 2.75) is 19.5 Å². The Balaban J connectivity index is 1.49. The Kier molecular flexibility index (Phi) is 6.71. The number of nitrogens with zero attached hydrogens (tertiary/aromatic N) is 4. The first-order chi connectivity index (χ1) is 18.3. The van der Waals surface area contributed by atoms with E-state index in [9.17, 15) is 0 Å². The quantitative estimate of drug-likeness (QED) is 0.319. The molecule has 2 aromatic carbocycles. The van der Waals surface area contributed by atoms with Crippen molar-refractivity contribution in [3.63, 3.8) is 0 Å².